The molecule has 0 saturated heterocycles. The van der Waals surface area contributed by atoms with Crippen molar-refractivity contribution in [2.75, 3.05) is 43.4 Å². The first kappa shape index (κ1) is 29.0. The molecule has 1 saturated carbocycles. The second-order valence-electron chi connectivity index (χ2n) is 9.10. The highest BCUT2D eigenvalue weighted by molar-refractivity contribution is 6.30. The Morgan fingerprint density at radius 3 is 2.26 bits per heavy atom. The fourth-order valence-electron chi connectivity index (χ4n) is 4.59. The molecule has 0 aliphatic heterocycles. The van der Waals surface area contributed by atoms with Crippen molar-refractivity contribution in [2.45, 2.75) is 66.2 Å². The molecule has 0 unspecified atom stereocenters. The molecule has 0 bridgehead atoms. The number of hydrogen-bond acceptors (Lipinski definition) is 3. The molecule has 0 amide bonds. The number of benzene rings is 2. The first-order chi connectivity index (χ1) is 17.0. The smallest absolute Gasteiger partial charge is 0.0407 e. The molecule has 1 aliphatic rings. The Labute approximate surface area is 219 Å². The lowest BCUT2D eigenvalue weighted by molar-refractivity contribution is 0.295. The molecule has 1 fully saturated rings. The first-order valence-corrected chi connectivity index (χ1v) is 13.8. The van der Waals surface area contributed by atoms with Gasteiger partial charge in [-0.2, -0.15) is 0 Å². The largest absolute Gasteiger partial charge is 0.384 e. The van der Waals surface area contributed by atoms with Crippen LogP contribution in [0.5, 0.6) is 0 Å². The third kappa shape index (κ3) is 9.39. The molecule has 0 radical (unpaired) electrons. The third-order valence-electron chi connectivity index (χ3n) is 6.69. The second-order valence-corrected chi connectivity index (χ2v) is 9.54. The zero-order valence-electron chi connectivity index (χ0n) is 22.7. The summed E-state index contributed by atoms with van der Waals surface area (Å²) in [6.45, 7) is 17.0. The number of nitrogens with zero attached hydrogens (tertiary/aromatic N) is 2. The van der Waals surface area contributed by atoms with E-state index in [9.17, 15) is 0 Å². The maximum atomic E-state index is 6.13. The zero-order valence-corrected chi connectivity index (χ0v) is 23.4. The minimum atomic E-state index is 0.779. The lowest BCUT2D eigenvalue weighted by Gasteiger charge is -2.30. The van der Waals surface area contributed by atoms with Crippen molar-refractivity contribution in [2.24, 2.45) is 0 Å². The van der Waals surface area contributed by atoms with Gasteiger partial charge in [0.2, 0.25) is 0 Å². The summed E-state index contributed by atoms with van der Waals surface area (Å²) in [6, 6.07) is 16.8. The van der Waals surface area contributed by atoms with Crippen molar-refractivity contribution < 1.29 is 0 Å². The molecule has 0 atom stereocenters. The van der Waals surface area contributed by atoms with Crippen molar-refractivity contribution >= 4 is 23.0 Å². The number of rotatable bonds is 11. The Kier molecular flexibility index (Phi) is 13.0. The Morgan fingerprint density at radius 2 is 1.63 bits per heavy atom. The molecule has 35 heavy (non-hydrogen) atoms. The van der Waals surface area contributed by atoms with E-state index in [1.807, 2.05) is 26.0 Å². The van der Waals surface area contributed by atoms with Gasteiger partial charge in [-0.25, -0.2) is 0 Å². The van der Waals surface area contributed by atoms with E-state index in [4.69, 9.17) is 11.6 Å². The zero-order chi connectivity index (χ0) is 25.6. The van der Waals surface area contributed by atoms with Gasteiger partial charge < -0.3 is 15.1 Å². The monoisotopic (exact) mass is 495 g/mol. The molecule has 2 aromatic carbocycles. The van der Waals surface area contributed by atoms with Crippen molar-refractivity contribution in [3.8, 4) is 0 Å². The van der Waals surface area contributed by atoms with E-state index in [0.29, 0.717) is 0 Å². The van der Waals surface area contributed by atoms with Gasteiger partial charge in [0.1, 0.15) is 0 Å². The van der Waals surface area contributed by atoms with Gasteiger partial charge in [-0.05, 0) is 101 Å². The van der Waals surface area contributed by atoms with Crippen molar-refractivity contribution in [3.63, 3.8) is 0 Å². The SMILES string of the molecule is C=C1CCCC/C1=C(\CCCN(CC)CCNc1ccc(C)cc1)N(C)c1ccc(Cl)cc1.CC. The summed E-state index contributed by atoms with van der Waals surface area (Å²) in [6.07, 6.45) is 7.00. The Bertz CT molecular complexity index is 915. The highest BCUT2D eigenvalue weighted by Gasteiger charge is 2.19. The van der Waals surface area contributed by atoms with E-state index in [-0.39, 0.29) is 0 Å². The van der Waals surface area contributed by atoms with Crippen LogP contribution in [0.15, 0.2) is 72.0 Å². The van der Waals surface area contributed by atoms with Gasteiger partial charge in [-0.3, -0.25) is 0 Å². The van der Waals surface area contributed by atoms with Crippen LogP contribution in [0.1, 0.15) is 64.9 Å². The maximum absolute atomic E-state index is 6.13. The van der Waals surface area contributed by atoms with Crippen LogP contribution in [0, 0.1) is 6.92 Å². The van der Waals surface area contributed by atoms with Crippen LogP contribution in [0.2, 0.25) is 5.02 Å². The Morgan fingerprint density at radius 1 is 0.971 bits per heavy atom. The van der Waals surface area contributed by atoms with Crippen LogP contribution in [0.25, 0.3) is 0 Å². The van der Waals surface area contributed by atoms with Crippen LogP contribution in [-0.4, -0.2) is 38.1 Å². The minimum Gasteiger partial charge on any atom is -0.384 e. The van der Waals surface area contributed by atoms with E-state index in [2.05, 4.69) is 79.0 Å². The summed E-state index contributed by atoms with van der Waals surface area (Å²) in [5, 5.41) is 4.33. The normalized spacial score (nSPS) is 14.9. The molecule has 3 nitrogen and oxygen atoms in total. The molecule has 0 spiro atoms. The van der Waals surface area contributed by atoms with E-state index in [0.717, 1.165) is 56.9 Å². The summed E-state index contributed by atoms with van der Waals surface area (Å²) in [7, 11) is 2.19. The topological polar surface area (TPSA) is 18.5 Å². The van der Waals surface area contributed by atoms with Gasteiger partial charge in [-0.1, -0.05) is 62.2 Å². The molecule has 4 heteroatoms. The molecular formula is C31H46ClN3. The van der Waals surface area contributed by atoms with Gasteiger partial charge in [-0.15, -0.1) is 0 Å². The van der Waals surface area contributed by atoms with Crippen LogP contribution >= 0.6 is 11.6 Å². The molecule has 3 rings (SSSR count). The van der Waals surface area contributed by atoms with Crippen LogP contribution in [0.3, 0.4) is 0 Å². The fourth-order valence-corrected chi connectivity index (χ4v) is 4.71. The molecule has 0 aromatic heterocycles. The molecule has 192 valence electrons. The van der Waals surface area contributed by atoms with Gasteiger partial charge in [0, 0.05) is 42.2 Å². The Hall–Kier alpha value is -2.23. The highest BCUT2D eigenvalue weighted by Crippen LogP contribution is 2.34. The second kappa shape index (κ2) is 15.7. The van der Waals surface area contributed by atoms with Crippen molar-refractivity contribution in [3.05, 3.63) is 82.5 Å². The predicted octanol–water partition coefficient (Wildman–Crippen LogP) is 8.71. The number of nitrogens with one attached hydrogen (secondary N) is 1. The lowest BCUT2D eigenvalue weighted by atomic mass is 9.87. The number of allylic oxidation sites excluding steroid dienone is 3. The van der Waals surface area contributed by atoms with Crippen molar-refractivity contribution in [1.82, 2.24) is 4.90 Å². The van der Waals surface area contributed by atoms with Gasteiger partial charge in [0.15, 0.2) is 0 Å². The van der Waals surface area contributed by atoms with E-state index >= 15 is 0 Å². The van der Waals surface area contributed by atoms with E-state index < -0.39 is 0 Å². The first-order valence-electron chi connectivity index (χ1n) is 13.4. The van der Waals surface area contributed by atoms with Gasteiger partial charge in [0.05, 0.1) is 0 Å². The number of halogens is 1. The van der Waals surface area contributed by atoms with Gasteiger partial charge in [0.25, 0.3) is 0 Å². The fraction of sp³-hybridized carbons (Fsp3) is 0.484. The number of anilines is 2. The molecule has 0 heterocycles. The van der Waals surface area contributed by atoms with E-state index in [1.165, 1.54) is 46.6 Å². The summed E-state index contributed by atoms with van der Waals surface area (Å²) in [5.41, 5.74) is 7.91. The van der Waals surface area contributed by atoms with Crippen molar-refractivity contribution in [1.29, 1.82) is 0 Å². The Balaban J connectivity index is 0.00000210. The molecule has 1 N–H and O–H groups in total. The summed E-state index contributed by atoms with van der Waals surface area (Å²) in [5.74, 6) is 0. The third-order valence-corrected chi connectivity index (χ3v) is 6.95. The number of aryl methyl sites for hydroxylation is 1. The summed E-state index contributed by atoms with van der Waals surface area (Å²) >= 11 is 6.13. The van der Waals surface area contributed by atoms with Gasteiger partial charge >= 0.3 is 0 Å². The summed E-state index contributed by atoms with van der Waals surface area (Å²) in [4.78, 5) is 4.90. The predicted molar refractivity (Wildman–Crippen MR) is 157 cm³/mol. The molecular weight excluding hydrogens is 450 g/mol. The number of hydrogen-bond donors (Lipinski definition) is 1. The quantitative estimate of drug-likeness (QED) is 0.336. The average Bonchev–Trinajstić information content (AvgIpc) is 2.88. The molecule has 2 aromatic rings. The molecule has 1 aliphatic carbocycles. The number of likely N-dealkylation sites (N-methyl/N-ethyl adjacent to an activating group) is 1. The summed E-state index contributed by atoms with van der Waals surface area (Å²) < 4.78 is 0. The lowest BCUT2D eigenvalue weighted by Crippen LogP contribution is -2.30. The minimum absolute atomic E-state index is 0.779. The standard InChI is InChI=1S/C29H40ClN3.C2H6/c1-5-33(22-20-31-26-16-12-23(2)13-17-26)21-8-11-29(28-10-7-6-9-24(28)3)32(4)27-18-14-25(30)15-19-27;1-2/h12-19,31H,3,5-11,20-22H2,1-2,4H3;1-2H3/b29-28-;. The van der Waals surface area contributed by atoms with Crippen LogP contribution in [0.4, 0.5) is 11.4 Å². The maximum Gasteiger partial charge on any atom is 0.0407 e. The van der Waals surface area contributed by atoms with Crippen LogP contribution < -0.4 is 10.2 Å². The average molecular weight is 496 g/mol. The van der Waals surface area contributed by atoms with E-state index in [1.54, 1.807) is 0 Å². The highest BCUT2D eigenvalue weighted by atomic mass is 35.5. The van der Waals surface area contributed by atoms with Crippen LogP contribution in [-0.2, 0) is 0 Å².